The Morgan fingerprint density at radius 1 is 1.09 bits per heavy atom. The lowest BCUT2D eigenvalue weighted by Crippen LogP contribution is -2.13. The quantitative estimate of drug-likeness (QED) is 0.637. The number of hydrogen-bond donors (Lipinski definition) is 1. The number of aliphatic imine (C=N–C) groups is 1. The normalized spacial score (nSPS) is 25.4. The number of aliphatic hydroxyl groups is 1. The topological polar surface area (TPSA) is 77.1 Å². The first-order valence-corrected chi connectivity index (χ1v) is 12.2. The summed E-state index contributed by atoms with van der Waals surface area (Å²) in [6.45, 7) is 7.21. The van der Waals surface area contributed by atoms with E-state index in [-0.39, 0.29) is 6.61 Å². The number of hydrogen-bond acceptors (Lipinski definition) is 6. The van der Waals surface area contributed by atoms with Crippen molar-refractivity contribution >= 4 is 11.8 Å². The highest BCUT2D eigenvalue weighted by atomic mass is 16.5. The van der Waals surface area contributed by atoms with Gasteiger partial charge in [0.25, 0.3) is 0 Å². The standard InChI is InChI=1S/C28H32N2O4/c1-18-13-20(7-10-32-16-18)24-5-6-26-23(28(30-24)21-8-11-33-17-19(2)14-21)3-4-25(29-26)22-9-12-34-27(22)15-31/h3-4,6,9,12,14,18-20,31H,7-8,10-11,13,15-17H2,1-2H3/t18-,19-,20?/m1/s1. The van der Waals surface area contributed by atoms with Gasteiger partial charge in [-0.2, -0.15) is 0 Å². The number of furan rings is 1. The second kappa shape index (κ2) is 10.2. The maximum Gasteiger partial charge on any atom is 0.138 e. The van der Waals surface area contributed by atoms with Crippen LogP contribution in [-0.2, 0) is 16.1 Å². The average molecular weight is 461 g/mol. The van der Waals surface area contributed by atoms with Crippen LogP contribution in [0.15, 0.2) is 56.9 Å². The summed E-state index contributed by atoms with van der Waals surface area (Å²) in [5.74, 6) is 1.62. The molecule has 1 saturated heterocycles. The minimum Gasteiger partial charge on any atom is -0.466 e. The van der Waals surface area contributed by atoms with E-state index in [9.17, 15) is 5.11 Å². The molecule has 0 bridgehead atoms. The number of fused-ring (bicyclic) bond motifs is 1. The Hall–Kier alpha value is -2.76. The van der Waals surface area contributed by atoms with Crippen LogP contribution in [0.2, 0.25) is 0 Å². The van der Waals surface area contributed by atoms with Gasteiger partial charge in [0, 0.05) is 36.3 Å². The van der Waals surface area contributed by atoms with E-state index in [1.807, 2.05) is 18.2 Å². The summed E-state index contributed by atoms with van der Waals surface area (Å²) in [5, 5.41) is 9.65. The van der Waals surface area contributed by atoms with Crippen molar-refractivity contribution in [2.45, 2.75) is 39.7 Å². The average Bonchev–Trinajstić information content (AvgIpc) is 2.96. The summed E-state index contributed by atoms with van der Waals surface area (Å²) in [4.78, 5) is 10.2. The highest BCUT2D eigenvalue weighted by Gasteiger charge is 2.26. The van der Waals surface area contributed by atoms with Crippen LogP contribution in [0.1, 0.15) is 50.1 Å². The van der Waals surface area contributed by atoms with Crippen molar-refractivity contribution in [2.75, 3.05) is 26.4 Å². The van der Waals surface area contributed by atoms with Gasteiger partial charge in [-0.3, -0.25) is 0 Å². The van der Waals surface area contributed by atoms with Gasteiger partial charge in [0.1, 0.15) is 12.4 Å². The van der Waals surface area contributed by atoms with E-state index in [0.717, 1.165) is 73.0 Å². The minimum absolute atomic E-state index is 0.166. The lowest BCUT2D eigenvalue weighted by atomic mass is 9.91. The maximum absolute atomic E-state index is 9.65. The van der Waals surface area contributed by atoms with Crippen molar-refractivity contribution in [1.82, 2.24) is 4.98 Å². The number of pyridine rings is 1. The van der Waals surface area contributed by atoms with Gasteiger partial charge in [-0.05, 0) is 54.9 Å². The lowest BCUT2D eigenvalue weighted by molar-refractivity contribution is 0.120. The highest BCUT2D eigenvalue weighted by Crippen LogP contribution is 2.33. The van der Waals surface area contributed by atoms with Gasteiger partial charge >= 0.3 is 0 Å². The summed E-state index contributed by atoms with van der Waals surface area (Å²) in [7, 11) is 0. The summed E-state index contributed by atoms with van der Waals surface area (Å²) in [6.07, 6.45) is 8.65. The second-order valence-electron chi connectivity index (χ2n) is 9.57. The SMILES string of the molecule is C[C@H]1COCCC(C2=C=Cc3nc(-c4ccoc4CO)ccc3C(C3=C[C@@H](C)COCC3)=N2)C1. The zero-order valence-corrected chi connectivity index (χ0v) is 19.9. The van der Waals surface area contributed by atoms with Crippen LogP contribution in [0.5, 0.6) is 0 Å². The van der Waals surface area contributed by atoms with Crippen molar-refractivity contribution in [1.29, 1.82) is 0 Å². The van der Waals surface area contributed by atoms with E-state index < -0.39 is 0 Å². The number of aliphatic hydroxyl groups excluding tert-OH is 1. The molecule has 2 aromatic rings. The van der Waals surface area contributed by atoms with Crippen molar-refractivity contribution in [3.63, 3.8) is 0 Å². The molecule has 0 aliphatic carbocycles. The first kappa shape index (κ1) is 23.0. The first-order valence-electron chi connectivity index (χ1n) is 12.2. The zero-order valence-electron chi connectivity index (χ0n) is 19.9. The molecule has 3 atom stereocenters. The second-order valence-corrected chi connectivity index (χ2v) is 9.57. The summed E-state index contributed by atoms with van der Waals surface area (Å²) in [5.41, 5.74) is 10.0. The Kier molecular flexibility index (Phi) is 6.93. The molecule has 3 aliphatic heterocycles. The molecule has 5 rings (SSSR count). The molecule has 0 amide bonds. The third kappa shape index (κ3) is 4.86. The monoisotopic (exact) mass is 460 g/mol. The number of rotatable bonds is 4. The largest absolute Gasteiger partial charge is 0.466 e. The Labute approximate surface area is 200 Å². The molecular formula is C28H32N2O4. The van der Waals surface area contributed by atoms with Crippen LogP contribution in [0.25, 0.3) is 17.3 Å². The molecule has 5 heterocycles. The molecular weight excluding hydrogens is 428 g/mol. The fourth-order valence-corrected chi connectivity index (χ4v) is 4.99. The highest BCUT2D eigenvalue weighted by molar-refractivity contribution is 6.15. The molecule has 1 fully saturated rings. The van der Waals surface area contributed by atoms with Crippen molar-refractivity contribution < 1.29 is 19.0 Å². The van der Waals surface area contributed by atoms with Crippen molar-refractivity contribution in [3.8, 4) is 11.3 Å². The smallest absolute Gasteiger partial charge is 0.138 e. The molecule has 0 spiro atoms. The molecule has 0 aromatic carbocycles. The van der Waals surface area contributed by atoms with E-state index in [2.05, 4.69) is 31.7 Å². The maximum atomic E-state index is 9.65. The van der Waals surface area contributed by atoms with E-state index in [1.165, 1.54) is 5.57 Å². The Morgan fingerprint density at radius 3 is 2.85 bits per heavy atom. The molecule has 0 radical (unpaired) electrons. The van der Waals surface area contributed by atoms with Gasteiger partial charge in [0.15, 0.2) is 0 Å². The Bertz CT molecular complexity index is 1170. The van der Waals surface area contributed by atoms with Gasteiger partial charge < -0.3 is 19.0 Å². The van der Waals surface area contributed by atoms with E-state index >= 15 is 0 Å². The predicted molar refractivity (Wildman–Crippen MR) is 131 cm³/mol. The Balaban J connectivity index is 1.62. The summed E-state index contributed by atoms with van der Waals surface area (Å²) in [6, 6.07) is 5.91. The number of aromatic nitrogens is 1. The molecule has 1 unspecified atom stereocenters. The number of nitrogens with zero attached hydrogens (tertiary/aromatic N) is 2. The van der Waals surface area contributed by atoms with Crippen LogP contribution in [-0.4, -0.2) is 42.2 Å². The Morgan fingerprint density at radius 2 is 1.97 bits per heavy atom. The molecule has 3 aliphatic rings. The van der Waals surface area contributed by atoms with Crippen LogP contribution in [0, 0.1) is 17.8 Å². The molecule has 6 heteroatoms. The number of ether oxygens (including phenoxy) is 2. The molecule has 1 N–H and O–H groups in total. The lowest BCUT2D eigenvalue weighted by Gasteiger charge is -2.17. The van der Waals surface area contributed by atoms with Gasteiger partial charge in [-0.15, -0.1) is 0 Å². The molecule has 178 valence electrons. The molecule has 2 aromatic heterocycles. The van der Waals surface area contributed by atoms with Gasteiger partial charge in [0.2, 0.25) is 0 Å². The van der Waals surface area contributed by atoms with Gasteiger partial charge in [0.05, 0.1) is 42.3 Å². The summed E-state index contributed by atoms with van der Waals surface area (Å²) < 4.78 is 17.0. The van der Waals surface area contributed by atoms with Crippen LogP contribution in [0.4, 0.5) is 0 Å². The van der Waals surface area contributed by atoms with E-state index in [4.69, 9.17) is 23.9 Å². The summed E-state index contributed by atoms with van der Waals surface area (Å²) >= 11 is 0. The fraction of sp³-hybridized carbons (Fsp3) is 0.464. The van der Waals surface area contributed by atoms with Crippen LogP contribution >= 0.6 is 0 Å². The first-order chi connectivity index (χ1) is 16.6. The van der Waals surface area contributed by atoms with Crippen LogP contribution in [0.3, 0.4) is 0 Å². The fourth-order valence-electron chi connectivity index (χ4n) is 4.99. The zero-order chi connectivity index (χ0) is 23.5. The molecule has 34 heavy (non-hydrogen) atoms. The van der Waals surface area contributed by atoms with Crippen LogP contribution < -0.4 is 0 Å². The third-order valence-electron chi connectivity index (χ3n) is 6.71. The number of allylic oxidation sites excluding steroid dienone is 1. The van der Waals surface area contributed by atoms with Crippen molar-refractivity contribution in [3.05, 3.63) is 64.6 Å². The van der Waals surface area contributed by atoms with E-state index in [0.29, 0.717) is 30.1 Å². The van der Waals surface area contributed by atoms with Crippen molar-refractivity contribution in [2.24, 2.45) is 22.7 Å². The molecule has 6 nitrogen and oxygen atoms in total. The minimum atomic E-state index is -0.166. The van der Waals surface area contributed by atoms with Gasteiger partial charge in [-0.25, -0.2) is 9.98 Å². The predicted octanol–water partition coefficient (Wildman–Crippen LogP) is 5.18. The van der Waals surface area contributed by atoms with E-state index in [1.54, 1.807) is 6.26 Å². The van der Waals surface area contributed by atoms with Gasteiger partial charge in [-0.1, -0.05) is 25.7 Å². The third-order valence-corrected chi connectivity index (χ3v) is 6.71. The molecule has 0 saturated carbocycles.